The fourth-order valence-electron chi connectivity index (χ4n) is 12.7. The molecule has 1 nitrogen and oxygen atoms in total. The van der Waals surface area contributed by atoms with Crippen LogP contribution < -0.4 is 4.74 Å². The highest BCUT2D eigenvalue weighted by atomic mass is 19.2. The summed E-state index contributed by atoms with van der Waals surface area (Å²) < 4.78 is 58.7. The molecule has 316 valence electrons. The lowest BCUT2D eigenvalue weighted by Gasteiger charge is -2.38. The maximum Gasteiger partial charge on any atom is 0.163 e. The maximum absolute atomic E-state index is 18.0. The molecule has 6 aliphatic carbocycles. The van der Waals surface area contributed by atoms with Gasteiger partial charge >= 0.3 is 0 Å². The second-order valence-electron chi connectivity index (χ2n) is 20.6. The molecule has 8 rings (SSSR count). The lowest BCUT2D eigenvalue weighted by atomic mass is 9.67. The van der Waals surface area contributed by atoms with Crippen LogP contribution in [0.2, 0.25) is 0 Å². The minimum Gasteiger partial charge on any atom is -0.492 e. The van der Waals surface area contributed by atoms with E-state index in [9.17, 15) is 0 Å². The molecule has 0 aromatic heterocycles. The monoisotopic (exact) mass is 795 g/mol. The van der Waals surface area contributed by atoms with E-state index in [2.05, 4.69) is 45.6 Å². The molecule has 0 heterocycles. The molecule has 0 bridgehead atoms. The summed E-state index contributed by atoms with van der Waals surface area (Å²) in [5.74, 6) is 3.99. The van der Waals surface area contributed by atoms with Crippen LogP contribution in [0.1, 0.15) is 184 Å². The molecular formula is C54H73F3O. The van der Waals surface area contributed by atoms with Crippen LogP contribution in [0.15, 0.2) is 55.2 Å². The Hall–Kier alpha value is -2.75. The SMILES string of the molecule is C=CC1C=CC(c2cc(-c3c(OCC4C=CC(C)CC4)ccc(C4CCC(C5CCC(C)CC5)CC4)c3F)c(C3CCC(C4CCC(C)CC4)CC3)c(F)c2F)CC1. The van der Waals surface area contributed by atoms with Crippen molar-refractivity contribution in [1.29, 1.82) is 0 Å². The number of ether oxygens (including phenoxy) is 1. The Morgan fingerprint density at radius 3 is 1.69 bits per heavy atom. The lowest BCUT2D eigenvalue weighted by molar-refractivity contribution is 0.164. The van der Waals surface area contributed by atoms with Gasteiger partial charge in [0.1, 0.15) is 11.6 Å². The smallest absolute Gasteiger partial charge is 0.163 e. The van der Waals surface area contributed by atoms with Gasteiger partial charge in [0.2, 0.25) is 0 Å². The topological polar surface area (TPSA) is 9.23 Å². The average molecular weight is 795 g/mol. The highest BCUT2D eigenvalue weighted by molar-refractivity contribution is 5.77. The molecule has 4 heteroatoms. The molecule has 4 saturated carbocycles. The van der Waals surface area contributed by atoms with Crippen molar-refractivity contribution in [3.63, 3.8) is 0 Å². The normalized spacial score (nSPS) is 35.8. The fraction of sp³-hybridized carbons (Fsp3) is 0.667. The summed E-state index contributed by atoms with van der Waals surface area (Å²) in [5, 5.41) is 0. The molecule has 0 spiro atoms. The Labute approximate surface area is 349 Å². The van der Waals surface area contributed by atoms with Crippen LogP contribution in [-0.4, -0.2) is 6.61 Å². The van der Waals surface area contributed by atoms with Gasteiger partial charge in [-0.1, -0.05) is 82.9 Å². The van der Waals surface area contributed by atoms with Crippen molar-refractivity contribution < 1.29 is 17.9 Å². The van der Waals surface area contributed by atoms with Gasteiger partial charge in [0.25, 0.3) is 0 Å². The predicted molar refractivity (Wildman–Crippen MR) is 235 cm³/mol. The van der Waals surface area contributed by atoms with Crippen molar-refractivity contribution in [1.82, 2.24) is 0 Å². The van der Waals surface area contributed by atoms with E-state index < -0.39 is 11.6 Å². The molecule has 4 fully saturated rings. The third kappa shape index (κ3) is 9.27. The molecule has 0 N–H and O–H groups in total. The Kier molecular flexibility index (Phi) is 13.7. The highest BCUT2D eigenvalue weighted by Gasteiger charge is 2.37. The first-order valence-electron chi connectivity index (χ1n) is 24.1. The van der Waals surface area contributed by atoms with Crippen molar-refractivity contribution >= 4 is 0 Å². The second-order valence-corrected chi connectivity index (χ2v) is 20.6. The number of rotatable bonds is 10. The van der Waals surface area contributed by atoms with E-state index in [0.29, 0.717) is 52.9 Å². The van der Waals surface area contributed by atoms with E-state index in [1.807, 2.05) is 30.4 Å². The van der Waals surface area contributed by atoms with Crippen molar-refractivity contribution in [2.75, 3.05) is 6.61 Å². The van der Waals surface area contributed by atoms with Crippen molar-refractivity contribution in [2.24, 2.45) is 53.3 Å². The summed E-state index contributed by atoms with van der Waals surface area (Å²) in [6.45, 7) is 11.4. The van der Waals surface area contributed by atoms with Gasteiger partial charge in [-0.25, -0.2) is 13.2 Å². The quantitative estimate of drug-likeness (QED) is 0.218. The highest BCUT2D eigenvalue weighted by Crippen LogP contribution is 2.52. The zero-order valence-electron chi connectivity index (χ0n) is 36.1. The number of allylic oxidation sites excluding steroid dienone is 4. The minimum atomic E-state index is -0.760. The Morgan fingerprint density at radius 1 is 0.569 bits per heavy atom. The molecule has 0 amide bonds. The van der Waals surface area contributed by atoms with Crippen molar-refractivity contribution in [2.45, 2.75) is 167 Å². The fourth-order valence-corrected chi connectivity index (χ4v) is 12.7. The van der Waals surface area contributed by atoms with Gasteiger partial charge in [0.05, 0.1) is 12.2 Å². The molecule has 2 aromatic rings. The van der Waals surface area contributed by atoms with Gasteiger partial charge in [0, 0.05) is 17.4 Å². The number of benzene rings is 2. The first-order valence-corrected chi connectivity index (χ1v) is 24.1. The summed E-state index contributed by atoms with van der Waals surface area (Å²) in [6.07, 6.45) is 32.7. The van der Waals surface area contributed by atoms with Crippen LogP contribution in [0.25, 0.3) is 11.1 Å². The zero-order valence-corrected chi connectivity index (χ0v) is 36.1. The second kappa shape index (κ2) is 18.9. The largest absolute Gasteiger partial charge is 0.492 e. The molecular weight excluding hydrogens is 722 g/mol. The molecule has 0 radical (unpaired) electrons. The van der Waals surface area contributed by atoms with E-state index in [1.54, 1.807) is 0 Å². The molecule has 4 unspecified atom stereocenters. The zero-order chi connectivity index (χ0) is 40.3. The Morgan fingerprint density at radius 2 is 1.16 bits per heavy atom. The third-order valence-electron chi connectivity index (χ3n) is 16.8. The van der Waals surface area contributed by atoms with E-state index in [-0.39, 0.29) is 35.4 Å². The summed E-state index contributed by atoms with van der Waals surface area (Å²) in [4.78, 5) is 0. The molecule has 4 atom stereocenters. The lowest BCUT2D eigenvalue weighted by Crippen LogP contribution is -2.25. The molecule has 0 saturated heterocycles. The van der Waals surface area contributed by atoms with Gasteiger partial charge in [-0.3, -0.25) is 0 Å². The Bertz CT molecular complexity index is 1760. The first-order chi connectivity index (χ1) is 28.2. The molecule has 2 aromatic carbocycles. The van der Waals surface area contributed by atoms with Crippen LogP contribution in [0, 0.1) is 70.7 Å². The Balaban J connectivity index is 1.17. The maximum atomic E-state index is 18.0. The van der Waals surface area contributed by atoms with E-state index >= 15 is 13.2 Å². The number of halogens is 3. The average Bonchev–Trinajstić information content (AvgIpc) is 3.25. The summed E-state index contributed by atoms with van der Waals surface area (Å²) in [6, 6.07) is 5.83. The van der Waals surface area contributed by atoms with Gasteiger partial charge in [-0.15, -0.1) is 6.58 Å². The van der Waals surface area contributed by atoms with Crippen LogP contribution in [0.3, 0.4) is 0 Å². The molecule has 0 aliphatic heterocycles. The molecule has 58 heavy (non-hydrogen) atoms. The van der Waals surface area contributed by atoms with Crippen LogP contribution in [-0.2, 0) is 0 Å². The van der Waals surface area contributed by atoms with Crippen LogP contribution in [0.4, 0.5) is 13.2 Å². The van der Waals surface area contributed by atoms with Crippen molar-refractivity contribution in [3.8, 4) is 16.9 Å². The summed E-state index contributed by atoms with van der Waals surface area (Å²) in [5.41, 5.74) is 2.39. The van der Waals surface area contributed by atoms with Crippen LogP contribution >= 0.6 is 0 Å². The van der Waals surface area contributed by atoms with E-state index in [0.717, 1.165) is 106 Å². The van der Waals surface area contributed by atoms with Crippen LogP contribution in [0.5, 0.6) is 5.75 Å². The van der Waals surface area contributed by atoms with Gasteiger partial charge in [-0.05, 0) is 191 Å². The van der Waals surface area contributed by atoms with E-state index in [1.165, 1.54) is 51.4 Å². The first kappa shape index (κ1) is 42.0. The molecule has 6 aliphatic rings. The van der Waals surface area contributed by atoms with E-state index in [4.69, 9.17) is 4.74 Å². The van der Waals surface area contributed by atoms with Crippen molar-refractivity contribution in [3.05, 3.63) is 89.3 Å². The standard InChI is InChI=1S/C54H73F3O/c1-5-37-14-20-44(21-15-37)47-32-48(50(54(57)53(47)56)45-28-24-42(25-29-45)40-18-10-36(4)11-19-40)51-49(58-33-38-12-6-34(2)7-13-38)31-30-46(52(51)55)43-26-22-41(23-27-43)39-16-8-35(3)9-17-39/h5-6,12,14,20,30-32,34-45H,1,7-11,13,15-19,21-29,33H2,2-4H3. The van der Waals surface area contributed by atoms with Gasteiger partial charge < -0.3 is 4.74 Å². The minimum absolute atomic E-state index is 0.119. The number of hydrogen-bond donors (Lipinski definition) is 0. The third-order valence-corrected chi connectivity index (χ3v) is 16.8. The van der Waals surface area contributed by atoms with Gasteiger partial charge in [0.15, 0.2) is 11.6 Å². The van der Waals surface area contributed by atoms with Gasteiger partial charge in [-0.2, -0.15) is 0 Å². The summed E-state index contributed by atoms with van der Waals surface area (Å²) >= 11 is 0. The summed E-state index contributed by atoms with van der Waals surface area (Å²) in [7, 11) is 0. The number of hydrogen-bond acceptors (Lipinski definition) is 1. The predicted octanol–water partition coefficient (Wildman–Crippen LogP) is 16.2.